The maximum absolute atomic E-state index is 16.8. The molecule has 45 heavy (non-hydrogen) atoms. The number of fused-ring (bicyclic) bond motifs is 4. The standard InChI is InChI=1S/C39H52F2O2SSi/c1-24(2)45(25(3)4,26(5)6)21-20-39(40,41)38(43)19-18-35-33-16-10-28-22-29(42)11-17-32(28)36(33)34(23-37(35,38)7)27-8-12-30(13-9-27)44-31-14-15-31/h8-9,12-13,22,24-26,31,33-35,43H,10-11,14-19,23H2,1-7H3/t33-,34+,35-,37-,38-/m0/s1. The SMILES string of the molecule is CC(C)[Si](C#CC(F)(F)[C@]1(O)CC[C@H]2[C@@H]3CCC4=CC(=O)CCC4=C3[C@@H](c3ccc(SC4CC4)cc3)C[C@@]21C)(C(C)C)C(C)C. The number of benzene rings is 1. The van der Waals surface area contributed by atoms with Crippen LogP contribution < -0.4 is 0 Å². The van der Waals surface area contributed by atoms with E-state index in [1.807, 2.05) is 24.8 Å². The molecule has 0 aliphatic heterocycles. The molecule has 5 atom stereocenters. The van der Waals surface area contributed by atoms with Crippen LogP contribution in [-0.2, 0) is 4.79 Å². The first-order chi connectivity index (χ1) is 21.1. The molecule has 5 aliphatic rings. The molecule has 0 amide bonds. The van der Waals surface area contributed by atoms with E-state index < -0.39 is 25.0 Å². The molecule has 0 bridgehead atoms. The van der Waals surface area contributed by atoms with E-state index in [2.05, 4.69) is 77.3 Å². The quantitative estimate of drug-likeness (QED) is 0.236. The van der Waals surface area contributed by atoms with Crippen molar-refractivity contribution in [1.29, 1.82) is 0 Å². The Labute approximate surface area is 275 Å². The summed E-state index contributed by atoms with van der Waals surface area (Å²) in [5.74, 6) is -0.729. The van der Waals surface area contributed by atoms with Crippen molar-refractivity contribution >= 4 is 25.6 Å². The zero-order valence-corrected chi connectivity index (χ0v) is 30.1. The number of rotatable bonds is 7. The van der Waals surface area contributed by atoms with Crippen LogP contribution in [0.2, 0.25) is 16.6 Å². The van der Waals surface area contributed by atoms with E-state index in [0.29, 0.717) is 24.5 Å². The molecule has 0 aromatic heterocycles. The topological polar surface area (TPSA) is 37.3 Å². The van der Waals surface area contributed by atoms with E-state index in [4.69, 9.17) is 0 Å². The first kappa shape index (κ1) is 33.2. The lowest BCUT2D eigenvalue weighted by atomic mass is 9.50. The summed E-state index contributed by atoms with van der Waals surface area (Å²) >= 11 is 1.93. The second-order valence-electron chi connectivity index (χ2n) is 16.0. The minimum absolute atomic E-state index is 0.0416. The third-order valence-electron chi connectivity index (χ3n) is 12.8. The maximum Gasteiger partial charge on any atom is 0.336 e. The van der Waals surface area contributed by atoms with E-state index in [1.165, 1.54) is 28.9 Å². The Kier molecular flexibility index (Phi) is 8.70. The van der Waals surface area contributed by atoms with E-state index in [9.17, 15) is 9.90 Å². The Morgan fingerprint density at radius 1 is 0.956 bits per heavy atom. The van der Waals surface area contributed by atoms with Crippen molar-refractivity contribution in [1.82, 2.24) is 0 Å². The number of allylic oxidation sites excluding steroid dienone is 4. The molecule has 1 N–H and O–H groups in total. The lowest BCUT2D eigenvalue weighted by Gasteiger charge is -2.55. The van der Waals surface area contributed by atoms with Crippen LogP contribution in [0.3, 0.4) is 0 Å². The molecule has 0 saturated heterocycles. The molecular weight excluding hydrogens is 599 g/mol. The number of carbonyl (C=O) groups excluding carboxylic acids is 1. The predicted molar refractivity (Wildman–Crippen MR) is 184 cm³/mol. The fraction of sp³-hybridized carbons (Fsp3) is 0.667. The summed E-state index contributed by atoms with van der Waals surface area (Å²) < 4.78 is 33.7. The van der Waals surface area contributed by atoms with Crippen LogP contribution in [0.15, 0.2) is 52.0 Å². The van der Waals surface area contributed by atoms with Crippen LogP contribution in [0.5, 0.6) is 0 Å². The lowest BCUT2D eigenvalue weighted by molar-refractivity contribution is -0.209. The Balaban J connectivity index is 1.44. The van der Waals surface area contributed by atoms with Gasteiger partial charge in [0.2, 0.25) is 0 Å². The first-order valence-corrected chi connectivity index (χ1v) is 20.6. The molecule has 1 aromatic rings. The highest BCUT2D eigenvalue weighted by atomic mass is 32.2. The largest absolute Gasteiger partial charge is 0.382 e. The third-order valence-corrected chi connectivity index (χ3v) is 20.5. The molecule has 1 aromatic carbocycles. The molecule has 6 heteroatoms. The van der Waals surface area contributed by atoms with E-state index >= 15 is 8.78 Å². The second-order valence-corrected chi connectivity index (χ2v) is 23.0. The average molecular weight is 651 g/mol. The summed E-state index contributed by atoms with van der Waals surface area (Å²) in [5.41, 5.74) is 5.80. The van der Waals surface area contributed by atoms with Gasteiger partial charge in [-0.15, -0.1) is 17.3 Å². The van der Waals surface area contributed by atoms with Gasteiger partial charge >= 0.3 is 5.92 Å². The number of ketones is 1. The molecule has 0 heterocycles. The number of alkyl halides is 2. The Hall–Kier alpha value is -1.68. The number of hydrogen-bond acceptors (Lipinski definition) is 3. The highest BCUT2D eigenvalue weighted by molar-refractivity contribution is 8.00. The molecule has 3 saturated carbocycles. The molecule has 5 aliphatic carbocycles. The van der Waals surface area contributed by atoms with Crippen LogP contribution in [0.1, 0.15) is 118 Å². The van der Waals surface area contributed by atoms with Crippen molar-refractivity contribution in [3.8, 4) is 11.5 Å². The fourth-order valence-corrected chi connectivity index (χ4v) is 16.6. The second kappa shape index (κ2) is 11.8. The van der Waals surface area contributed by atoms with Gasteiger partial charge in [0.1, 0.15) is 13.7 Å². The highest BCUT2D eigenvalue weighted by Gasteiger charge is 2.71. The van der Waals surface area contributed by atoms with Gasteiger partial charge in [0, 0.05) is 27.9 Å². The molecule has 0 spiro atoms. The monoisotopic (exact) mass is 650 g/mol. The van der Waals surface area contributed by atoms with Crippen LogP contribution in [0.25, 0.3) is 0 Å². The minimum Gasteiger partial charge on any atom is -0.382 e. The normalized spacial score (nSPS) is 31.9. The number of hydrogen-bond donors (Lipinski definition) is 1. The predicted octanol–water partition coefficient (Wildman–Crippen LogP) is 10.4. The van der Waals surface area contributed by atoms with Crippen LogP contribution in [0, 0.1) is 28.7 Å². The molecule has 6 rings (SSSR count). The van der Waals surface area contributed by atoms with E-state index in [-0.39, 0.29) is 46.6 Å². The van der Waals surface area contributed by atoms with Crippen molar-refractivity contribution in [2.75, 3.05) is 0 Å². The smallest absolute Gasteiger partial charge is 0.336 e. The molecule has 244 valence electrons. The van der Waals surface area contributed by atoms with Gasteiger partial charge in [-0.25, -0.2) is 0 Å². The van der Waals surface area contributed by atoms with Crippen LogP contribution >= 0.6 is 11.8 Å². The van der Waals surface area contributed by atoms with Gasteiger partial charge in [0.25, 0.3) is 0 Å². The zero-order valence-electron chi connectivity index (χ0n) is 28.3. The Morgan fingerprint density at radius 2 is 1.60 bits per heavy atom. The van der Waals surface area contributed by atoms with Crippen LogP contribution in [0.4, 0.5) is 8.78 Å². The van der Waals surface area contributed by atoms with Crippen molar-refractivity contribution < 1.29 is 18.7 Å². The summed E-state index contributed by atoms with van der Waals surface area (Å²) in [6, 6.07) is 8.81. The first-order valence-electron chi connectivity index (χ1n) is 17.5. The van der Waals surface area contributed by atoms with Crippen molar-refractivity contribution in [3.05, 3.63) is 52.6 Å². The number of carbonyl (C=O) groups is 1. The summed E-state index contributed by atoms with van der Waals surface area (Å²) in [6.45, 7) is 14.8. The Morgan fingerprint density at radius 3 is 2.20 bits per heavy atom. The maximum atomic E-state index is 16.8. The number of thioether (sulfide) groups is 1. The summed E-state index contributed by atoms with van der Waals surface area (Å²) in [7, 11) is -2.42. The lowest BCUT2D eigenvalue weighted by Crippen LogP contribution is -2.60. The van der Waals surface area contributed by atoms with Gasteiger partial charge in [-0.3, -0.25) is 4.79 Å². The molecule has 0 unspecified atom stereocenters. The molecular formula is C39H52F2O2SSi. The molecule has 3 fully saturated rings. The van der Waals surface area contributed by atoms with Crippen molar-refractivity contribution in [2.45, 2.75) is 150 Å². The summed E-state index contributed by atoms with van der Waals surface area (Å²) in [6.07, 6.45) is 8.43. The number of aliphatic hydroxyl groups is 1. The molecule has 0 radical (unpaired) electrons. The summed E-state index contributed by atoms with van der Waals surface area (Å²) in [4.78, 5) is 13.7. The van der Waals surface area contributed by atoms with E-state index in [0.717, 1.165) is 30.4 Å². The van der Waals surface area contributed by atoms with Gasteiger partial charge in [-0.05, 0) is 121 Å². The average Bonchev–Trinajstić information content (AvgIpc) is 3.74. The van der Waals surface area contributed by atoms with Crippen LogP contribution in [-0.4, -0.2) is 35.7 Å². The molecule has 2 nitrogen and oxygen atoms in total. The highest BCUT2D eigenvalue weighted by Crippen LogP contribution is 2.69. The minimum atomic E-state index is -3.51. The van der Waals surface area contributed by atoms with Gasteiger partial charge in [0.05, 0.1) is 0 Å². The van der Waals surface area contributed by atoms with Crippen molar-refractivity contribution in [2.24, 2.45) is 17.3 Å². The fourth-order valence-electron chi connectivity index (χ4n) is 10.4. The van der Waals surface area contributed by atoms with Gasteiger partial charge in [-0.1, -0.05) is 66.2 Å². The third kappa shape index (κ3) is 5.36. The van der Waals surface area contributed by atoms with Crippen molar-refractivity contribution in [3.63, 3.8) is 0 Å². The van der Waals surface area contributed by atoms with Gasteiger partial charge in [0.15, 0.2) is 5.78 Å². The zero-order chi connectivity index (χ0) is 32.5. The van der Waals surface area contributed by atoms with E-state index in [1.54, 1.807) is 0 Å². The van der Waals surface area contributed by atoms with Gasteiger partial charge < -0.3 is 5.11 Å². The summed E-state index contributed by atoms with van der Waals surface area (Å²) in [5, 5.41) is 13.2. The number of halogens is 2. The Bertz CT molecular complexity index is 1440. The van der Waals surface area contributed by atoms with Gasteiger partial charge in [-0.2, -0.15) is 8.78 Å².